The summed E-state index contributed by atoms with van der Waals surface area (Å²) in [7, 11) is 1.41. The van der Waals surface area contributed by atoms with Crippen molar-refractivity contribution in [2.75, 3.05) is 20.3 Å². The van der Waals surface area contributed by atoms with Crippen molar-refractivity contribution in [3.05, 3.63) is 27.8 Å². The molecule has 0 radical (unpaired) electrons. The lowest BCUT2D eigenvalue weighted by Crippen LogP contribution is -2.49. The van der Waals surface area contributed by atoms with Crippen molar-refractivity contribution >= 4 is 24.0 Å². The molecule has 9 heteroatoms. The molecule has 0 atom stereocenters. The Morgan fingerprint density at radius 3 is 2.32 bits per heavy atom. The highest BCUT2D eigenvalue weighted by atomic mass is 35.5. The number of halogens is 1. The van der Waals surface area contributed by atoms with E-state index < -0.39 is 16.4 Å². The lowest BCUT2D eigenvalue weighted by Gasteiger charge is -2.26. The van der Waals surface area contributed by atoms with E-state index in [2.05, 4.69) is 5.32 Å². The predicted molar refractivity (Wildman–Crippen MR) is 97.9 cm³/mol. The molecular formula is C16H26ClN3O5. The number of nitrogens with two attached hydrogens (primary N) is 1. The van der Waals surface area contributed by atoms with Gasteiger partial charge in [0, 0.05) is 18.2 Å². The summed E-state index contributed by atoms with van der Waals surface area (Å²) < 4.78 is 10.5. The summed E-state index contributed by atoms with van der Waals surface area (Å²) in [6.07, 6.45) is 1.36. The second kappa shape index (κ2) is 10.0. The van der Waals surface area contributed by atoms with Crippen LogP contribution >= 0.6 is 12.4 Å². The van der Waals surface area contributed by atoms with Crippen molar-refractivity contribution in [1.82, 2.24) is 5.32 Å². The highest BCUT2D eigenvalue weighted by Gasteiger charge is 2.27. The predicted octanol–water partition coefficient (Wildman–Crippen LogP) is 2.67. The van der Waals surface area contributed by atoms with Crippen LogP contribution in [0.15, 0.2) is 12.1 Å². The summed E-state index contributed by atoms with van der Waals surface area (Å²) in [5, 5.41) is 14.0. The number of hydrogen-bond donors (Lipinski definition) is 2. The summed E-state index contributed by atoms with van der Waals surface area (Å²) >= 11 is 0. The molecule has 3 N–H and O–H groups in total. The van der Waals surface area contributed by atoms with Crippen LogP contribution < -0.4 is 20.5 Å². The van der Waals surface area contributed by atoms with E-state index in [-0.39, 0.29) is 41.7 Å². The molecule has 0 heterocycles. The summed E-state index contributed by atoms with van der Waals surface area (Å²) in [6.45, 7) is 6.16. The van der Waals surface area contributed by atoms with Gasteiger partial charge in [0.2, 0.25) is 0 Å². The molecule has 0 aliphatic carbocycles. The highest BCUT2D eigenvalue weighted by molar-refractivity contribution is 5.99. The number of nitrogens with one attached hydrogen (secondary N) is 1. The summed E-state index contributed by atoms with van der Waals surface area (Å²) in [4.78, 5) is 23.1. The van der Waals surface area contributed by atoms with Gasteiger partial charge in [-0.2, -0.15) is 0 Å². The Bertz CT molecular complexity index is 606. The van der Waals surface area contributed by atoms with Crippen LogP contribution in [0, 0.1) is 10.1 Å². The maximum absolute atomic E-state index is 12.4. The zero-order chi connectivity index (χ0) is 18.3. The Morgan fingerprint density at radius 1 is 1.28 bits per heavy atom. The van der Waals surface area contributed by atoms with Gasteiger partial charge in [-0.05, 0) is 19.8 Å². The van der Waals surface area contributed by atoms with Crippen LogP contribution in [-0.4, -0.2) is 36.6 Å². The van der Waals surface area contributed by atoms with Crippen molar-refractivity contribution in [2.45, 2.75) is 39.2 Å². The van der Waals surface area contributed by atoms with Gasteiger partial charge in [0.05, 0.1) is 24.7 Å². The molecule has 0 aromatic heterocycles. The third kappa shape index (κ3) is 5.75. The molecule has 0 saturated heterocycles. The number of carbonyl (C=O) groups excluding carboxylic acids is 1. The standard InChI is InChI=1S/C16H25N3O5.ClH/c1-5-16(17,6-2)10-18-15(20)11-8-13(23-4)14(24-7-3)9-12(11)19(21)22;/h8-9H,5-7,10,17H2,1-4H3,(H,18,20);1H. The zero-order valence-electron chi connectivity index (χ0n) is 15.0. The molecule has 0 spiro atoms. The molecule has 25 heavy (non-hydrogen) atoms. The van der Waals surface area contributed by atoms with Crippen LogP contribution in [0.3, 0.4) is 0 Å². The number of nitrogens with zero attached hydrogens (tertiary/aromatic N) is 1. The maximum atomic E-state index is 12.4. The first kappa shape index (κ1) is 22.9. The number of amides is 1. The van der Waals surface area contributed by atoms with E-state index in [0.29, 0.717) is 19.4 Å². The van der Waals surface area contributed by atoms with E-state index in [1.54, 1.807) is 6.92 Å². The van der Waals surface area contributed by atoms with Crippen molar-refractivity contribution in [1.29, 1.82) is 0 Å². The smallest absolute Gasteiger partial charge is 0.286 e. The SMILES string of the molecule is CCOc1cc([N+](=O)[O-])c(C(=O)NCC(N)(CC)CC)cc1OC.Cl. The van der Waals surface area contributed by atoms with Crippen LogP contribution in [0.2, 0.25) is 0 Å². The van der Waals surface area contributed by atoms with E-state index in [4.69, 9.17) is 15.2 Å². The summed E-state index contributed by atoms with van der Waals surface area (Å²) in [6, 6.07) is 2.52. The fourth-order valence-corrected chi connectivity index (χ4v) is 2.16. The monoisotopic (exact) mass is 375 g/mol. The molecule has 0 fully saturated rings. The molecule has 0 bridgehead atoms. The van der Waals surface area contributed by atoms with Crippen LogP contribution in [0.4, 0.5) is 5.69 Å². The lowest BCUT2D eigenvalue weighted by atomic mass is 9.94. The molecule has 8 nitrogen and oxygen atoms in total. The Morgan fingerprint density at radius 2 is 1.88 bits per heavy atom. The molecule has 142 valence electrons. The second-order valence-corrected chi connectivity index (χ2v) is 5.46. The lowest BCUT2D eigenvalue weighted by molar-refractivity contribution is -0.385. The highest BCUT2D eigenvalue weighted by Crippen LogP contribution is 2.34. The molecule has 1 aromatic rings. The second-order valence-electron chi connectivity index (χ2n) is 5.46. The number of carbonyl (C=O) groups is 1. The van der Waals surface area contributed by atoms with Crippen molar-refractivity contribution in [3.63, 3.8) is 0 Å². The average molecular weight is 376 g/mol. The van der Waals surface area contributed by atoms with Crippen molar-refractivity contribution < 1.29 is 19.2 Å². The van der Waals surface area contributed by atoms with Crippen LogP contribution in [-0.2, 0) is 0 Å². The van der Waals surface area contributed by atoms with Gasteiger partial charge in [-0.1, -0.05) is 13.8 Å². The van der Waals surface area contributed by atoms with Crippen LogP contribution in [0.25, 0.3) is 0 Å². The van der Waals surface area contributed by atoms with E-state index in [1.807, 2.05) is 13.8 Å². The third-order valence-corrected chi connectivity index (χ3v) is 4.03. The van der Waals surface area contributed by atoms with Crippen LogP contribution in [0.5, 0.6) is 11.5 Å². The maximum Gasteiger partial charge on any atom is 0.286 e. The summed E-state index contributed by atoms with van der Waals surface area (Å²) in [5.41, 5.74) is 5.18. The minimum Gasteiger partial charge on any atom is -0.493 e. The normalized spacial score (nSPS) is 10.6. The van der Waals surface area contributed by atoms with Crippen molar-refractivity contribution in [2.24, 2.45) is 5.73 Å². The topological polar surface area (TPSA) is 117 Å². The van der Waals surface area contributed by atoms with E-state index in [1.165, 1.54) is 19.2 Å². The Balaban J connectivity index is 0.00000576. The summed E-state index contributed by atoms with van der Waals surface area (Å²) in [5.74, 6) is -0.0871. The van der Waals surface area contributed by atoms with Gasteiger partial charge in [-0.15, -0.1) is 12.4 Å². The number of hydrogen-bond acceptors (Lipinski definition) is 6. The molecule has 1 aromatic carbocycles. The zero-order valence-corrected chi connectivity index (χ0v) is 15.8. The van der Waals surface area contributed by atoms with E-state index >= 15 is 0 Å². The minimum absolute atomic E-state index is 0. The molecular weight excluding hydrogens is 350 g/mol. The average Bonchev–Trinajstić information content (AvgIpc) is 2.59. The molecule has 1 rings (SSSR count). The minimum atomic E-state index is -0.619. The molecule has 0 saturated carbocycles. The first-order chi connectivity index (χ1) is 11.3. The largest absolute Gasteiger partial charge is 0.493 e. The van der Waals surface area contributed by atoms with Crippen molar-refractivity contribution in [3.8, 4) is 11.5 Å². The number of nitro benzene ring substituents is 1. The van der Waals surface area contributed by atoms with Gasteiger partial charge in [0.25, 0.3) is 11.6 Å². The molecule has 0 aliphatic rings. The van der Waals surface area contributed by atoms with Gasteiger partial charge in [0.1, 0.15) is 5.56 Å². The van der Waals surface area contributed by atoms with E-state index in [9.17, 15) is 14.9 Å². The Kier molecular flexibility index (Phi) is 9.22. The fourth-order valence-electron chi connectivity index (χ4n) is 2.16. The molecule has 1 amide bonds. The number of benzene rings is 1. The Hall–Kier alpha value is -2.06. The quantitative estimate of drug-likeness (QED) is 0.506. The van der Waals surface area contributed by atoms with Gasteiger partial charge < -0.3 is 20.5 Å². The van der Waals surface area contributed by atoms with Gasteiger partial charge in [-0.25, -0.2) is 0 Å². The molecule has 0 aliphatic heterocycles. The third-order valence-electron chi connectivity index (χ3n) is 4.03. The van der Waals surface area contributed by atoms with Gasteiger partial charge >= 0.3 is 0 Å². The Labute approximate surface area is 153 Å². The van der Waals surface area contributed by atoms with Gasteiger partial charge in [-0.3, -0.25) is 14.9 Å². The number of nitro groups is 1. The number of rotatable bonds is 9. The van der Waals surface area contributed by atoms with Gasteiger partial charge in [0.15, 0.2) is 11.5 Å². The van der Waals surface area contributed by atoms with E-state index in [0.717, 1.165) is 0 Å². The fraction of sp³-hybridized carbons (Fsp3) is 0.562. The van der Waals surface area contributed by atoms with Crippen LogP contribution in [0.1, 0.15) is 44.0 Å². The molecule has 0 unspecified atom stereocenters. The number of methoxy groups -OCH3 is 1. The first-order valence-electron chi connectivity index (χ1n) is 7.88. The number of ether oxygens (including phenoxy) is 2. The first-order valence-corrected chi connectivity index (χ1v) is 7.88.